The van der Waals surface area contributed by atoms with Crippen molar-refractivity contribution in [3.05, 3.63) is 59.7 Å². The second kappa shape index (κ2) is 8.33. The first-order valence-electron chi connectivity index (χ1n) is 8.34. The molecule has 0 saturated heterocycles. The van der Waals surface area contributed by atoms with Crippen molar-refractivity contribution in [2.45, 2.75) is 39.8 Å². The molecule has 25 heavy (non-hydrogen) atoms. The van der Waals surface area contributed by atoms with Crippen molar-refractivity contribution in [2.75, 3.05) is 5.32 Å². The fourth-order valence-electron chi connectivity index (χ4n) is 2.21. The zero-order valence-corrected chi connectivity index (χ0v) is 15.0. The zero-order chi connectivity index (χ0) is 18.4. The summed E-state index contributed by atoms with van der Waals surface area (Å²) in [6.07, 6.45) is 0.104. The molecule has 0 aliphatic rings. The molecule has 0 radical (unpaired) electrons. The highest BCUT2D eigenvalue weighted by atomic mass is 16.5. The number of benzene rings is 2. The third-order valence-corrected chi connectivity index (χ3v) is 3.31. The van der Waals surface area contributed by atoms with Gasteiger partial charge in [-0.05, 0) is 76.2 Å². The molecular formula is C20H24N2O3. The van der Waals surface area contributed by atoms with Gasteiger partial charge < -0.3 is 15.4 Å². The highest BCUT2D eigenvalue weighted by Crippen LogP contribution is 2.17. The monoisotopic (exact) mass is 340 g/mol. The average Bonchev–Trinajstić information content (AvgIpc) is 2.55. The number of amides is 2. The Morgan fingerprint density at radius 3 is 1.80 bits per heavy atom. The number of nitrogens with one attached hydrogen (secondary N) is 2. The van der Waals surface area contributed by atoms with E-state index in [2.05, 4.69) is 10.6 Å². The van der Waals surface area contributed by atoms with Crippen LogP contribution in [0, 0.1) is 0 Å². The Bertz CT molecular complexity index is 720. The Labute approximate surface area is 148 Å². The minimum absolute atomic E-state index is 0.0677. The van der Waals surface area contributed by atoms with E-state index in [1.165, 1.54) is 0 Å². The molecular weight excluding hydrogens is 316 g/mol. The fourth-order valence-corrected chi connectivity index (χ4v) is 2.21. The first-order valence-corrected chi connectivity index (χ1v) is 8.34. The van der Waals surface area contributed by atoms with Crippen LogP contribution in [-0.4, -0.2) is 24.0 Å². The number of carbonyl (C=O) groups is 2. The maximum Gasteiger partial charge on any atom is 0.255 e. The van der Waals surface area contributed by atoms with E-state index in [0.717, 1.165) is 5.75 Å². The number of rotatable bonds is 6. The molecule has 132 valence electrons. The van der Waals surface area contributed by atoms with E-state index >= 15 is 0 Å². The van der Waals surface area contributed by atoms with Gasteiger partial charge in [-0.2, -0.15) is 0 Å². The molecule has 2 rings (SSSR count). The Hall–Kier alpha value is -2.82. The maximum atomic E-state index is 12.3. The molecule has 2 amide bonds. The minimum Gasteiger partial charge on any atom is -0.491 e. The lowest BCUT2D eigenvalue weighted by Crippen LogP contribution is -2.30. The Kier molecular flexibility index (Phi) is 6.17. The van der Waals surface area contributed by atoms with Gasteiger partial charge in [-0.25, -0.2) is 0 Å². The van der Waals surface area contributed by atoms with Crippen LogP contribution < -0.4 is 15.4 Å². The summed E-state index contributed by atoms with van der Waals surface area (Å²) < 4.78 is 5.57. The Morgan fingerprint density at radius 1 is 0.800 bits per heavy atom. The van der Waals surface area contributed by atoms with Crippen LogP contribution >= 0.6 is 0 Å². The standard InChI is InChI=1S/C20H24N2O3/c1-13(2)21-19(23)15-5-7-16(8-6-15)20(24)22-17-9-11-18(12-10-17)25-14(3)4/h5-14H,1-4H3,(H,21,23)(H,22,24). The molecule has 0 atom stereocenters. The van der Waals surface area contributed by atoms with Crippen LogP contribution in [-0.2, 0) is 0 Å². The van der Waals surface area contributed by atoms with Crippen LogP contribution in [0.25, 0.3) is 0 Å². The topological polar surface area (TPSA) is 67.4 Å². The van der Waals surface area contributed by atoms with Gasteiger partial charge in [0.1, 0.15) is 5.75 Å². The lowest BCUT2D eigenvalue weighted by atomic mass is 10.1. The van der Waals surface area contributed by atoms with E-state index in [4.69, 9.17) is 4.74 Å². The minimum atomic E-state index is -0.228. The quantitative estimate of drug-likeness (QED) is 0.839. The van der Waals surface area contributed by atoms with Crippen molar-refractivity contribution in [1.29, 1.82) is 0 Å². The molecule has 2 aromatic rings. The molecule has 5 heteroatoms. The molecule has 2 N–H and O–H groups in total. The molecule has 5 nitrogen and oxygen atoms in total. The number of carbonyl (C=O) groups excluding carboxylic acids is 2. The van der Waals surface area contributed by atoms with Crippen molar-refractivity contribution in [1.82, 2.24) is 5.32 Å². The molecule has 0 bridgehead atoms. The lowest BCUT2D eigenvalue weighted by molar-refractivity contribution is 0.0941. The number of ether oxygens (including phenoxy) is 1. The molecule has 0 aliphatic carbocycles. The summed E-state index contributed by atoms with van der Waals surface area (Å²) in [6.45, 7) is 7.72. The molecule has 0 heterocycles. The second-order valence-corrected chi connectivity index (χ2v) is 6.35. The van der Waals surface area contributed by atoms with Gasteiger partial charge in [-0.15, -0.1) is 0 Å². The van der Waals surface area contributed by atoms with Crippen LogP contribution in [0.3, 0.4) is 0 Å². The predicted octanol–water partition coefficient (Wildman–Crippen LogP) is 3.86. The lowest BCUT2D eigenvalue weighted by Gasteiger charge is -2.11. The largest absolute Gasteiger partial charge is 0.491 e. The summed E-state index contributed by atoms with van der Waals surface area (Å²) in [7, 11) is 0. The van der Waals surface area contributed by atoms with Crippen LogP contribution in [0.1, 0.15) is 48.4 Å². The summed E-state index contributed by atoms with van der Waals surface area (Å²) in [5, 5.41) is 5.64. The van der Waals surface area contributed by atoms with E-state index in [1.807, 2.05) is 39.8 Å². The highest BCUT2D eigenvalue weighted by Gasteiger charge is 2.10. The van der Waals surface area contributed by atoms with E-state index < -0.39 is 0 Å². The van der Waals surface area contributed by atoms with Crippen LogP contribution in [0.5, 0.6) is 5.75 Å². The van der Waals surface area contributed by atoms with Gasteiger partial charge in [0.25, 0.3) is 11.8 Å². The average molecular weight is 340 g/mol. The van der Waals surface area contributed by atoms with Gasteiger partial charge in [0, 0.05) is 22.9 Å². The van der Waals surface area contributed by atoms with Crippen molar-refractivity contribution in [3.8, 4) is 5.75 Å². The molecule has 2 aromatic carbocycles. The van der Waals surface area contributed by atoms with Gasteiger partial charge in [0.15, 0.2) is 0 Å². The summed E-state index contributed by atoms with van der Waals surface area (Å²) in [4.78, 5) is 24.2. The third kappa shape index (κ3) is 5.64. The van der Waals surface area contributed by atoms with Gasteiger partial charge in [-0.3, -0.25) is 9.59 Å². The first-order chi connectivity index (χ1) is 11.8. The second-order valence-electron chi connectivity index (χ2n) is 6.35. The smallest absolute Gasteiger partial charge is 0.255 e. The van der Waals surface area contributed by atoms with E-state index in [1.54, 1.807) is 36.4 Å². The van der Waals surface area contributed by atoms with Crippen molar-refractivity contribution >= 4 is 17.5 Å². The molecule has 0 spiro atoms. The van der Waals surface area contributed by atoms with Gasteiger partial charge in [-0.1, -0.05) is 0 Å². The Morgan fingerprint density at radius 2 is 1.32 bits per heavy atom. The summed E-state index contributed by atoms with van der Waals surface area (Å²) in [5.41, 5.74) is 1.70. The van der Waals surface area contributed by atoms with Crippen LogP contribution in [0.4, 0.5) is 5.69 Å². The summed E-state index contributed by atoms with van der Waals surface area (Å²) in [5.74, 6) is 0.379. The SMILES string of the molecule is CC(C)NC(=O)c1ccc(C(=O)Nc2ccc(OC(C)C)cc2)cc1. The highest BCUT2D eigenvalue weighted by molar-refractivity contribution is 6.05. The van der Waals surface area contributed by atoms with Crippen LogP contribution in [0.2, 0.25) is 0 Å². The molecule has 0 aromatic heterocycles. The van der Waals surface area contributed by atoms with Crippen molar-refractivity contribution in [3.63, 3.8) is 0 Å². The molecule has 0 unspecified atom stereocenters. The predicted molar refractivity (Wildman–Crippen MR) is 99.2 cm³/mol. The summed E-state index contributed by atoms with van der Waals surface area (Å²) in [6, 6.07) is 13.8. The fraction of sp³-hybridized carbons (Fsp3) is 0.300. The third-order valence-electron chi connectivity index (χ3n) is 3.31. The van der Waals surface area contributed by atoms with Crippen molar-refractivity contribution in [2.24, 2.45) is 0 Å². The molecule has 0 saturated carbocycles. The van der Waals surface area contributed by atoms with E-state index in [0.29, 0.717) is 16.8 Å². The van der Waals surface area contributed by atoms with Gasteiger partial charge in [0.05, 0.1) is 6.10 Å². The van der Waals surface area contributed by atoms with E-state index in [9.17, 15) is 9.59 Å². The van der Waals surface area contributed by atoms with Gasteiger partial charge in [0.2, 0.25) is 0 Å². The molecule has 0 fully saturated rings. The number of hydrogen-bond acceptors (Lipinski definition) is 3. The van der Waals surface area contributed by atoms with Gasteiger partial charge >= 0.3 is 0 Å². The van der Waals surface area contributed by atoms with E-state index in [-0.39, 0.29) is 24.0 Å². The molecule has 0 aliphatic heterocycles. The normalized spacial score (nSPS) is 10.6. The zero-order valence-electron chi connectivity index (χ0n) is 15.0. The summed E-state index contributed by atoms with van der Waals surface area (Å²) >= 11 is 0. The first kappa shape index (κ1) is 18.5. The Balaban J connectivity index is 1.99. The number of anilines is 1. The maximum absolute atomic E-state index is 12.3. The van der Waals surface area contributed by atoms with Crippen molar-refractivity contribution < 1.29 is 14.3 Å². The number of hydrogen-bond donors (Lipinski definition) is 2. The van der Waals surface area contributed by atoms with Crippen LogP contribution in [0.15, 0.2) is 48.5 Å².